The van der Waals surface area contributed by atoms with E-state index in [9.17, 15) is 4.79 Å². The molecule has 0 heterocycles. The molecular weight excluding hydrogens is 226 g/mol. The second-order valence-corrected chi connectivity index (χ2v) is 5.88. The van der Waals surface area contributed by atoms with E-state index >= 15 is 0 Å². The second kappa shape index (κ2) is 7.10. The summed E-state index contributed by atoms with van der Waals surface area (Å²) in [5, 5.41) is 6.15. The molecule has 1 fully saturated rings. The minimum Gasteiger partial charge on any atom is -0.355 e. The lowest BCUT2D eigenvalue weighted by Gasteiger charge is -2.45. The molecule has 4 heteroatoms. The zero-order valence-corrected chi connectivity index (χ0v) is 12.4. The van der Waals surface area contributed by atoms with E-state index in [2.05, 4.69) is 36.6 Å². The summed E-state index contributed by atoms with van der Waals surface area (Å²) < 4.78 is 0. The standard InChI is InChI=1S/C14H29N3O/c1-5-16-13(18)10-15-11-14(17(3)4)8-6-7-12(2)9-14/h12,15H,5-11H2,1-4H3,(H,16,18). The number of likely N-dealkylation sites (N-methyl/N-ethyl adjacent to an activating group) is 2. The Labute approximate surface area is 111 Å². The molecule has 0 radical (unpaired) electrons. The quantitative estimate of drug-likeness (QED) is 0.750. The summed E-state index contributed by atoms with van der Waals surface area (Å²) in [5.41, 5.74) is 0.226. The van der Waals surface area contributed by atoms with E-state index in [-0.39, 0.29) is 11.4 Å². The molecule has 4 nitrogen and oxygen atoms in total. The maximum absolute atomic E-state index is 11.4. The van der Waals surface area contributed by atoms with Crippen LogP contribution in [-0.4, -0.2) is 50.1 Å². The molecule has 1 amide bonds. The SMILES string of the molecule is CCNC(=O)CNCC1(N(C)C)CCCC(C)C1. The van der Waals surface area contributed by atoms with Gasteiger partial charge in [0.25, 0.3) is 0 Å². The summed E-state index contributed by atoms with van der Waals surface area (Å²) >= 11 is 0. The van der Waals surface area contributed by atoms with Crippen LogP contribution in [0.5, 0.6) is 0 Å². The van der Waals surface area contributed by atoms with Crippen molar-refractivity contribution in [2.75, 3.05) is 33.7 Å². The predicted octanol–water partition coefficient (Wildman–Crippen LogP) is 1.22. The molecule has 2 unspecified atom stereocenters. The lowest BCUT2D eigenvalue weighted by Crippen LogP contribution is -2.55. The van der Waals surface area contributed by atoms with Gasteiger partial charge in [0.2, 0.25) is 5.91 Å². The van der Waals surface area contributed by atoms with Crippen molar-refractivity contribution in [3.05, 3.63) is 0 Å². The summed E-state index contributed by atoms with van der Waals surface area (Å²) in [6.45, 7) is 6.32. The number of rotatable bonds is 6. The summed E-state index contributed by atoms with van der Waals surface area (Å²) in [6, 6.07) is 0. The van der Waals surface area contributed by atoms with Gasteiger partial charge in [-0.2, -0.15) is 0 Å². The normalized spacial score (nSPS) is 28.4. The molecule has 1 aliphatic carbocycles. The summed E-state index contributed by atoms with van der Waals surface area (Å²) in [7, 11) is 4.32. The van der Waals surface area contributed by atoms with E-state index in [1.165, 1.54) is 25.7 Å². The Morgan fingerprint density at radius 2 is 2.17 bits per heavy atom. The molecule has 0 aromatic carbocycles. The molecule has 106 valence electrons. The molecule has 0 aromatic heterocycles. The number of carbonyl (C=O) groups is 1. The van der Waals surface area contributed by atoms with Gasteiger partial charge in [-0.1, -0.05) is 19.8 Å². The minimum absolute atomic E-state index is 0.0928. The van der Waals surface area contributed by atoms with Crippen molar-refractivity contribution < 1.29 is 4.79 Å². The van der Waals surface area contributed by atoms with Crippen molar-refractivity contribution in [3.63, 3.8) is 0 Å². The molecule has 18 heavy (non-hydrogen) atoms. The number of hydrogen-bond donors (Lipinski definition) is 2. The maximum Gasteiger partial charge on any atom is 0.233 e. The molecule has 2 atom stereocenters. The van der Waals surface area contributed by atoms with E-state index in [0.717, 1.165) is 12.5 Å². The summed E-state index contributed by atoms with van der Waals surface area (Å²) in [6.07, 6.45) is 5.09. The molecule has 0 aromatic rings. The van der Waals surface area contributed by atoms with Crippen LogP contribution < -0.4 is 10.6 Å². The zero-order chi connectivity index (χ0) is 13.6. The van der Waals surface area contributed by atoms with Crippen LogP contribution in [0.2, 0.25) is 0 Å². The van der Waals surface area contributed by atoms with Crippen molar-refractivity contribution in [2.45, 2.75) is 45.1 Å². The third-order valence-corrected chi connectivity index (χ3v) is 4.13. The Kier molecular flexibility index (Phi) is 6.09. The fourth-order valence-electron chi connectivity index (χ4n) is 3.03. The number of nitrogens with one attached hydrogen (secondary N) is 2. The summed E-state index contributed by atoms with van der Waals surface area (Å²) in [4.78, 5) is 13.8. The van der Waals surface area contributed by atoms with Crippen LogP contribution in [0.15, 0.2) is 0 Å². The van der Waals surface area contributed by atoms with Crippen LogP contribution in [0, 0.1) is 5.92 Å². The van der Waals surface area contributed by atoms with Crippen molar-refractivity contribution >= 4 is 5.91 Å². The van der Waals surface area contributed by atoms with Gasteiger partial charge in [-0.3, -0.25) is 4.79 Å². The monoisotopic (exact) mass is 255 g/mol. The third kappa shape index (κ3) is 4.25. The molecule has 2 N–H and O–H groups in total. The Hall–Kier alpha value is -0.610. The van der Waals surface area contributed by atoms with Gasteiger partial charge in [-0.15, -0.1) is 0 Å². The van der Waals surface area contributed by atoms with Crippen LogP contribution in [0.3, 0.4) is 0 Å². The van der Waals surface area contributed by atoms with Gasteiger partial charge in [0, 0.05) is 18.6 Å². The topological polar surface area (TPSA) is 44.4 Å². The third-order valence-electron chi connectivity index (χ3n) is 4.13. The highest BCUT2D eigenvalue weighted by Gasteiger charge is 2.36. The fraction of sp³-hybridized carbons (Fsp3) is 0.929. The first-order valence-electron chi connectivity index (χ1n) is 7.15. The van der Waals surface area contributed by atoms with E-state index in [1.807, 2.05) is 6.92 Å². The van der Waals surface area contributed by atoms with Crippen LogP contribution in [0.1, 0.15) is 39.5 Å². The van der Waals surface area contributed by atoms with Crippen molar-refractivity contribution in [1.82, 2.24) is 15.5 Å². The van der Waals surface area contributed by atoms with Gasteiger partial charge < -0.3 is 15.5 Å². The van der Waals surface area contributed by atoms with Crippen LogP contribution in [0.4, 0.5) is 0 Å². The molecule has 0 aliphatic heterocycles. The van der Waals surface area contributed by atoms with Crippen LogP contribution >= 0.6 is 0 Å². The smallest absolute Gasteiger partial charge is 0.233 e. The Bertz CT molecular complexity index is 268. The van der Waals surface area contributed by atoms with Crippen molar-refractivity contribution in [2.24, 2.45) is 5.92 Å². The lowest BCUT2D eigenvalue weighted by molar-refractivity contribution is -0.120. The average molecular weight is 255 g/mol. The van der Waals surface area contributed by atoms with E-state index in [4.69, 9.17) is 0 Å². The number of amides is 1. The van der Waals surface area contributed by atoms with Gasteiger partial charge >= 0.3 is 0 Å². The average Bonchev–Trinajstić information content (AvgIpc) is 2.29. The Balaban J connectivity index is 2.45. The van der Waals surface area contributed by atoms with E-state index in [0.29, 0.717) is 13.1 Å². The molecule has 0 spiro atoms. The summed E-state index contributed by atoms with van der Waals surface area (Å²) in [5.74, 6) is 0.877. The first-order valence-corrected chi connectivity index (χ1v) is 7.15. The van der Waals surface area contributed by atoms with Gasteiger partial charge in [0.05, 0.1) is 6.54 Å². The van der Waals surface area contributed by atoms with Crippen LogP contribution in [0.25, 0.3) is 0 Å². The lowest BCUT2D eigenvalue weighted by atomic mass is 9.75. The molecule has 0 saturated heterocycles. The largest absolute Gasteiger partial charge is 0.355 e. The van der Waals surface area contributed by atoms with E-state index in [1.54, 1.807) is 0 Å². The Morgan fingerprint density at radius 1 is 1.44 bits per heavy atom. The molecule has 1 aliphatic rings. The number of hydrogen-bond acceptors (Lipinski definition) is 3. The molecule has 1 saturated carbocycles. The second-order valence-electron chi connectivity index (χ2n) is 5.88. The molecule has 1 rings (SSSR count). The van der Waals surface area contributed by atoms with E-state index < -0.39 is 0 Å². The van der Waals surface area contributed by atoms with Crippen molar-refractivity contribution in [3.8, 4) is 0 Å². The maximum atomic E-state index is 11.4. The minimum atomic E-state index is 0.0928. The number of carbonyl (C=O) groups excluding carboxylic acids is 1. The van der Waals surface area contributed by atoms with Gasteiger partial charge in [0.15, 0.2) is 0 Å². The highest BCUT2D eigenvalue weighted by Crippen LogP contribution is 2.35. The van der Waals surface area contributed by atoms with Crippen molar-refractivity contribution in [1.29, 1.82) is 0 Å². The van der Waals surface area contributed by atoms with Gasteiger partial charge in [-0.25, -0.2) is 0 Å². The zero-order valence-electron chi connectivity index (χ0n) is 12.4. The molecule has 0 bridgehead atoms. The number of nitrogens with zero attached hydrogens (tertiary/aromatic N) is 1. The first-order chi connectivity index (χ1) is 8.50. The molecular formula is C14H29N3O. The van der Waals surface area contributed by atoms with Crippen LogP contribution in [-0.2, 0) is 4.79 Å². The highest BCUT2D eigenvalue weighted by molar-refractivity contribution is 5.77. The fourth-order valence-corrected chi connectivity index (χ4v) is 3.03. The first kappa shape index (κ1) is 15.4. The van der Waals surface area contributed by atoms with Gasteiger partial charge in [-0.05, 0) is 39.8 Å². The Morgan fingerprint density at radius 3 is 2.72 bits per heavy atom. The highest BCUT2D eigenvalue weighted by atomic mass is 16.1. The predicted molar refractivity (Wildman–Crippen MR) is 75.6 cm³/mol. The van der Waals surface area contributed by atoms with Gasteiger partial charge in [0.1, 0.15) is 0 Å².